The van der Waals surface area contributed by atoms with Crippen LogP contribution in [0.4, 0.5) is 0 Å². The fourth-order valence-corrected chi connectivity index (χ4v) is 7.50. The van der Waals surface area contributed by atoms with Gasteiger partial charge in [-0.3, -0.25) is 4.79 Å². The number of thioether (sulfide) groups is 2. The highest BCUT2D eigenvalue weighted by atomic mass is 35.5. The Morgan fingerprint density at radius 2 is 2.25 bits per heavy atom. The van der Waals surface area contributed by atoms with Crippen LogP contribution in [0.1, 0.15) is 6.92 Å². The first-order chi connectivity index (χ1) is 11.4. The molecule has 3 heterocycles. The molecule has 0 bridgehead atoms. The van der Waals surface area contributed by atoms with Crippen LogP contribution in [0.2, 0.25) is 0 Å². The van der Waals surface area contributed by atoms with E-state index in [4.69, 9.17) is 11.6 Å². The summed E-state index contributed by atoms with van der Waals surface area (Å²) in [4.78, 5) is 29.7. The lowest BCUT2D eigenvalue weighted by Gasteiger charge is -2.40. The third-order valence-electron chi connectivity index (χ3n) is 4.25. The molecule has 2 aromatic rings. The van der Waals surface area contributed by atoms with Crippen LogP contribution in [-0.2, 0) is 9.59 Å². The number of aliphatic carboxylic acids is 1. The van der Waals surface area contributed by atoms with Gasteiger partial charge in [-0.05, 0) is 19.1 Å². The number of amides is 1. The molecule has 126 valence electrons. The molecule has 4 rings (SSSR count). The van der Waals surface area contributed by atoms with Gasteiger partial charge in [0.2, 0.25) is 5.91 Å². The van der Waals surface area contributed by atoms with E-state index in [0.717, 1.165) is 14.6 Å². The van der Waals surface area contributed by atoms with Crippen molar-refractivity contribution in [2.45, 2.75) is 32.8 Å². The van der Waals surface area contributed by atoms with E-state index in [0.29, 0.717) is 5.75 Å². The van der Waals surface area contributed by atoms with Gasteiger partial charge in [0.15, 0.2) is 4.34 Å². The smallest absolute Gasteiger partial charge is 0.327 e. The SMILES string of the molecule is C[C@@]1(CSc2nc3ccccc3s2)S[C@@H]2[C@@H](Cl)C(=O)N2[C@H]1C(=O)O. The van der Waals surface area contributed by atoms with Gasteiger partial charge >= 0.3 is 5.97 Å². The number of hydrogen-bond donors (Lipinski definition) is 1. The number of fused-ring (bicyclic) bond motifs is 2. The average Bonchev–Trinajstić information content (AvgIpc) is 3.09. The standard InChI is InChI=1S/C15H13ClN2O3S3/c1-15(6-22-14-17-7-4-2-3-5-8(7)23-14)10(13(20)21)18-11(19)9(16)12(18)24-15/h2-5,9-10,12H,6H2,1H3,(H,20,21)/t9-,10-,12+,15-/m0/s1. The van der Waals surface area contributed by atoms with Crippen molar-refractivity contribution in [3.8, 4) is 0 Å². The van der Waals surface area contributed by atoms with E-state index in [-0.39, 0.29) is 11.3 Å². The molecule has 4 atom stereocenters. The number of carbonyl (C=O) groups is 2. The van der Waals surface area contributed by atoms with E-state index in [1.54, 1.807) is 11.3 Å². The summed E-state index contributed by atoms with van der Waals surface area (Å²) in [6.45, 7) is 1.89. The molecule has 5 nitrogen and oxygen atoms in total. The minimum atomic E-state index is -0.977. The van der Waals surface area contributed by atoms with Crippen molar-refractivity contribution in [1.82, 2.24) is 9.88 Å². The summed E-state index contributed by atoms with van der Waals surface area (Å²) in [5.74, 6) is -0.706. The molecule has 0 aliphatic carbocycles. The van der Waals surface area contributed by atoms with Crippen molar-refractivity contribution in [3.05, 3.63) is 24.3 Å². The Morgan fingerprint density at radius 1 is 1.50 bits per heavy atom. The number of rotatable bonds is 4. The van der Waals surface area contributed by atoms with Gasteiger partial charge in [0.05, 0.1) is 15.0 Å². The Morgan fingerprint density at radius 3 is 2.96 bits per heavy atom. The molecule has 1 aromatic heterocycles. The average molecular weight is 401 g/mol. The second-order valence-electron chi connectivity index (χ2n) is 5.95. The quantitative estimate of drug-likeness (QED) is 0.483. The highest BCUT2D eigenvalue weighted by Crippen LogP contribution is 2.54. The first-order valence-electron chi connectivity index (χ1n) is 7.26. The summed E-state index contributed by atoms with van der Waals surface area (Å²) in [6.07, 6.45) is 0. The maximum atomic E-state index is 11.9. The van der Waals surface area contributed by atoms with Crippen LogP contribution < -0.4 is 0 Å². The Labute approximate surface area is 155 Å². The fourth-order valence-electron chi connectivity index (χ4n) is 3.08. The first-order valence-corrected chi connectivity index (χ1v) is 10.4. The normalized spacial score (nSPS) is 32.0. The van der Waals surface area contributed by atoms with E-state index in [1.165, 1.54) is 28.4 Å². The zero-order valence-corrected chi connectivity index (χ0v) is 15.7. The summed E-state index contributed by atoms with van der Waals surface area (Å²) in [7, 11) is 0. The maximum absolute atomic E-state index is 11.9. The molecule has 1 N–H and O–H groups in total. The number of halogens is 1. The summed E-state index contributed by atoms with van der Waals surface area (Å²) in [5, 5.41) is 8.75. The zero-order chi connectivity index (χ0) is 17.1. The van der Waals surface area contributed by atoms with Crippen LogP contribution in [0.3, 0.4) is 0 Å². The van der Waals surface area contributed by atoms with Crippen LogP contribution in [0.5, 0.6) is 0 Å². The minimum absolute atomic E-state index is 0.249. The molecule has 1 aromatic carbocycles. The number of carboxylic acids is 1. The van der Waals surface area contributed by atoms with Gasteiger partial charge in [0.25, 0.3) is 0 Å². The van der Waals surface area contributed by atoms with Gasteiger partial charge in [-0.25, -0.2) is 9.78 Å². The predicted molar refractivity (Wildman–Crippen MR) is 98.0 cm³/mol. The van der Waals surface area contributed by atoms with E-state index in [2.05, 4.69) is 4.98 Å². The topological polar surface area (TPSA) is 70.5 Å². The lowest BCUT2D eigenvalue weighted by atomic mass is 9.98. The number of thiazole rings is 1. The molecular formula is C15H13ClN2O3S3. The maximum Gasteiger partial charge on any atom is 0.327 e. The Kier molecular flexibility index (Phi) is 3.98. The number of aromatic nitrogens is 1. The lowest BCUT2D eigenvalue weighted by Crippen LogP contribution is -2.64. The molecule has 0 unspecified atom stereocenters. The molecule has 2 aliphatic heterocycles. The van der Waals surface area contributed by atoms with Crippen molar-refractivity contribution >= 4 is 68.6 Å². The van der Waals surface area contributed by atoms with Crippen molar-refractivity contribution in [3.63, 3.8) is 0 Å². The Bertz CT molecular complexity index is 811. The molecule has 0 saturated carbocycles. The van der Waals surface area contributed by atoms with Crippen LogP contribution in [0, 0.1) is 0 Å². The second kappa shape index (κ2) is 5.79. The molecule has 0 radical (unpaired) electrons. The van der Waals surface area contributed by atoms with Gasteiger partial charge in [0, 0.05) is 5.75 Å². The van der Waals surface area contributed by atoms with Crippen molar-refractivity contribution in [1.29, 1.82) is 0 Å². The second-order valence-corrected chi connectivity index (χ2v) is 10.3. The van der Waals surface area contributed by atoms with Gasteiger partial charge in [-0.15, -0.1) is 34.7 Å². The van der Waals surface area contributed by atoms with Gasteiger partial charge in [-0.1, -0.05) is 23.9 Å². The molecule has 9 heteroatoms. The highest BCUT2D eigenvalue weighted by molar-refractivity contribution is 8.05. The van der Waals surface area contributed by atoms with Crippen molar-refractivity contribution in [2.24, 2.45) is 0 Å². The molecule has 2 aliphatic rings. The molecular weight excluding hydrogens is 388 g/mol. The number of benzene rings is 1. The van der Waals surface area contributed by atoms with Crippen LogP contribution in [0.25, 0.3) is 10.2 Å². The number of β-lactam (4-membered cyclic amide) rings is 1. The number of alkyl halides is 1. The van der Waals surface area contributed by atoms with Gasteiger partial charge < -0.3 is 10.0 Å². The third kappa shape index (κ3) is 2.42. The van der Waals surface area contributed by atoms with Crippen LogP contribution in [-0.4, -0.2) is 54.2 Å². The van der Waals surface area contributed by atoms with Crippen LogP contribution in [0.15, 0.2) is 28.6 Å². The number of nitrogens with zero attached hydrogens (tertiary/aromatic N) is 2. The molecule has 0 spiro atoms. The predicted octanol–water partition coefficient (Wildman–Crippen LogP) is 3.12. The number of hydrogen-bond acceptors (Lipinski definition) is 6. The van der Waals surface area contributed by atoms with Crippen LogP contribution >= 0.6 is 46.5 Å². The lowest BCUT2D eigenvalue weighted by molar-refractivity contribution is -0.156. The number of carboxylic acid groups (broad SMARTS) is 1. The largest absolute Gasteiger partial charge is 0.480 e. The molecule has 24 heavy (non-hydrogen) atoms. The first kappa shape index (κ1) is 16.5. The van der Waals surface area contributed by atoms with E-state index in [1.807, 2.05) is 31.2 Å². The molecule has 2 fully saturated rings. The Hall–Kier alpha value is -0.960. The highest BCUT2D eigenvalue weighted by Gasteiger charge is 2.64. The van der Waals surface area contributed by atoms with Gasteiger partial charge in [0.1, 0.15) is 16.8 Å². The minimum Gasteiger partial charge on any atom is -0.480 e. The van der Waals surface area contributed by atoms with E-state index < -0.39 is 22.1 Å². The molecule has 2 saturated heterocycles. The molecule has 1 amide bonds. The van der Waals surface area contributed by atoms with E-state index in [9.17, 15) is 14.7 Å². The van der Waals surface area contributed by atoms with Crippen molar-refractivity contribution < 1.29 is 14.7 Å². The Balaban J connectivity index is 1.56. The monoisotopic (exact) mass is 400 g/mol. The summed E-state index contributed by atoms with van der Waals surface area (Å²) >= 11 is 10.7. The fraction of sp³-hybridized carbons (Fsp3) is 0.400. The number of para-hydroxylation sites is 1. The van der Waals surface area contributed by atoms with Crippen molar-refractivity contribution in [2.75, 3.05) is 5.75 Å². The number of carbonyl (C=O) groups excluding carboxylic acids is 1. The summed E-state index contributed by atoms with van der Waals surface area (Å²) < 4.78 is 1.42. The summed E-state index contributed by atoms with van der Waals surface area (Å²) in [5.41, 5.74) is 0.948. The third-order valence-corrected chi connectivity index (χ3v) is 9.17. The van der Waals surface area contributed by atoms with E-state index >= 15 is 0 Å². The zero-order valence-electron chi connectivity index (χ0n) is 12.5. The summed E-state index contributed by atoms with van der Waals surface area (Å²) in [6, 6.07) is 7.05. The van der Waals surface area contributed by atoms with Gasteiger partial charge in [-0.2, -0.15) is 0 Å².